The van der Waals surface area contributed by atoms with Crippen LogP contribution < -0.4 is 4.31 Å². The molecule has 2 aromatic carbocycles. The summed E-state index contributed by atoms with van der Waals surface area (Å²) in [7, 11) is -3.93. The molecule has 1 unspecified atom stereocenters. The van der Waals surface area contributed by atoms with Crippen LogP contribution in [0.25, 0.3) is 10.1 Å². The van der Waals surface area contributed by atoms with Gasteiger partial charge in [0.15, 0.2) is 9.84 Å². The summed E-state index contributed by atoms with van der Waals surface area (Å²) in [6, 6.07) is 7.32. The van der Waals surface area contributed by atoms with Gasteiger partial charge in [0, 0.05) is 16.3 Å². The van der Waals surface area contributed by atoms with E-state index in [0.717, 1.165) is 34.0 Å². The van der Waals surface area contributed by atoms with Crippen molar-refractivity contribution in [3.05, 3.63) is 53.3 Å². The number of halogens is 1. The third kappa shape index (κ3) is 3.65. The van der Waals surface area contributed by atoms with Gasteiger partial charge in [-0.25, -0.2) is 26.1 Å². The molecule has 1 aromatic heterocycles. The van der Waals surface area contributed by atoms with Crippen LogP contribution in [0.4, 0.5) is 15.1 Å². The van der Waals surface area contributed by atoms with Gasteiger partial charge in [0.05, 0.1) is 16.1 Å². The molecule has 7 nitrogen and oxygen atoms in total. The van der Waals surface area contributed by atoms with E-state index in [1.54, 1.807) is 6.92 Å². The van der Waals surface area contributed by atoms with Crippen molar-refractivity contribution in [3.63, 3.8) is 0 Å². The minimum absolute atomic E-state index is 0.150. The number of thiophene rings is 1. The Morgan fingerprint density at radius 3 is 2.46 bits per heavy atom. The molecular formula is C17H14FNO6S3. The highest BCUT2D eigenvalue weighted by molar-refractivity contribution is 7.91. The number of rotatable bonds is 5. The van der Waals surface area contributed by atoms with Gasteiger partial charge in [-0.1, -0.05) is 0 Å². The molecule has 148 valence electrons. The number of hydrogen-bond donors (Lipinski definition) is 2. The van der Waals surface area contributed by atoms with E-state index in [2.05, 4.69) is 0 Å². The summed E-state index contributed by atoms with van der Waals surface area (Å²) in [6.45, 7) is 1.62. The first-order chi connectivity index (χ1) is 13.0. The summed E-state index contributed by atoms with van der Waals surface area (Å²) in [5.74, 6) is -1.80. The number of carbonyl (C=O) groups is 1. The van der Waals surface area contributed by atoms with Crippen LogP contribution in [0, 0.1) is 12.7 Å². The van der Waals surface area contributed by atoms with Crippen LogP contribution >= 0.6 is 11.3 Å². The maximum absolute atomic E-state index is 13.6. The highest BCUT2D eigenvalue weighted by Crippen LogP contribution is 2.43. The van der Waals surface area contributed by atoms with Crippen LogP contribution in [-0.2, 0) is 21.1 Å². The van der Waals surface area contributed by atoms with E-state index in [4.69, 9.17) is 5.11 Å². The Kier molecular flexibility index (Phi) is 5.28. The number of sulfone groups is 1. The molecule has 0 aliphatic carbocycles. The molecule has 3 rings (SSSR count). The maximum atomic E-state index is 13.6. The largest absolute Gasteiger partial charge is 0.478 e. The second kappa shape index (κ2) is 7.24. The summed E-state index contributed by atoms with van der Waals surface area (Å²) in [5.41, 5.74) is 0.0649. The molecule has 1 atom stereocenters. The first-order valence-corrected chi connectivity index (χ1v) is 11.4. The molecule has 0 saturated heterocycles. The van der Waals surface area contributed by atoms with Crippen molar-refractivity contribution in [2.75, 3.05) is 10.6 Å². The van der Waals surface area contributed by atoms with E-state index in [1.807, 2.05) is 0 Å². The number of hydrogen-bond acceptors (Lipinski definition) is 5. The predicted molar refractivity (Wildman–Crippen MR) is 106 cm³/mol. The lowest BCUT2D eigenvalue weighted by Gasteiger charge is -2.22. The summed E-state index contributed by atoms with van der Waals surface area (Å²) in [5, 5.41) is 9.92. The van der Waals surface area contributed by atoms with Gasteiger partial charge >= 0.3 is 5.97 Å². The molecule has 11 heteroatoms. The number of benzene rings is 2. The van der Waals surface area contributed by atoms with Crippen LogP contribution in [0.15, 0.2) is 41.3 Å². The average molecular weight is 443 g/mol. The second-order valence-electron chi connectivity index (χ2n) is 5.96. The van der Waals surface area contributed by atoms with E-state index < -0.39 is 37.8 Å². The zero-order valence-electron chi connectivity index (χ0n) is 14.5. The highest BCUT2D eigenvalue weighted by Gasteiger charge is 2.27. The third-order valence-electron chi connectivity index (χ3n) is 4.04. The Morgan fingerprint density at radius 2 is 1.89 bits per heavy atom. The molecule has 1 heterocycles. The van der Waals surface area contributed by atoms with Gasteiger partial charge in [0.2, 0.25) is 0 Å². The summed E-state index contributed by atoms with van der Waals surface area (Å²) in [4.78, 5) is 10.8. The number of aryl methyl sites for hydroxylation is 1. The van der Waals surface area contributed by atoms with Crippen molar-refractivity contribution >= 4 is 59.2 Å². The van der Waals surface area contributed by atoms with Gasteiger partial charge in [-0.3, -0.25) is 4.55 Å². The Labute approximate surface area is 166 Å². The Morgan fingerprint density at radius 1 is 1.21 bits per heavy atom. The number of aromatic carboxylic acids is 1. The number of anilines is 2. The van der Waals surface area contributed by atoms with E-state index in [9.17, 15) is 26.4 Å². The van der Waals surface area contributed by atoms with Crippen molar-refractivity contribution in [1.82, 2.24) is 0 Å². The summed E-state index contributed by atoms with van der Waals surface area (Å²) >= 11 is -1.58. The topological polar surface area (TPSA) is 112 Å². The lowest BCUT2D eigenvalue weighted by Crippen LogP contribution is -2.21. The predicted octanol–water partition coefficient (Wildman–Crippen LogP) is 3.73. The highest BCUT2D eigenvalue weighted by atomic mass is 32.2. The molecule has 28 heavy (non-hydrogen) atoms. The quantitative estimate of drug-likeness (QED) is 0.581. The third-order valence-corrected chi connectivity index (χ3v) is 7.23. The number of fused-ring (bicyclic) bond motifs is 1. The van der Waals surface area contributed by atoms with Gasteiger partial charge in [-0.05, 0) is 48.9 Å². The first kappa shape index (κ1) is 20.4. The average Bonchev–Trinajstić information content (AvgIpc) is 2.90. The van der Waals surface area contributed by atoms with Crippen LogP contribution in [0.5, 0.6) is 0 Å². The molecular weight excluding hydrogens is 429 g/mol. The maximum Gasteiger partial charge on any atom is 0.335 e. The van der Waals surface area contributed by atoms with E-state index in [0.29, 0.717) is 15.6 Å². The Hall–Kier alpha value is -2.34. The van der Waals surface area contributed by atoms with Gasteiger partial charge in [-0.2, -0.15) is 0 Å². The molecule has 0 radical (unpaired) electrons. The number of carboxylic acid groups (broad SMARTS) is 1. The number of carboxylic acids is 1. The molecule has 0 aliphatic rings. The standard InChI is InChI=1S/C17H14FNO6S3/c1-9-12-8-11(18)4-6-14(12)26-16(9)19(27(22)23)13-5-3-10(17(20)21)7-15(13)28(2,24)25/h3-8H,1-2H3,(H,20,21)(H,22,23). The molecule has 0 aliphatic heterocycles. The number of nitrogens with zero attached hydrogens (tertiary/aromatic N) is 1. The second-order valence-corrected chi connectivity index (χ2v) is 9.80. The minimum Gasteiger partial charge on any atom is -0.478 e. The van der Waals surface area contributed by atoms with Crippen LogP contribution in [0.1, 0.15) is 15.9 Å². The van der Waals surface area contributed by atoms with Crippen molar-refractivity contribution in [2.24, 2.45) is 0 Å². The van der Waals surface area contributed by atoms with Gasteiger partial charge < -0.3 is 5.11 Å². The van der Waals surface area contributed by atoms with Crippen molar-refractivity contribution in [1.29, 1.82) is 0 Å². The van der Waals surface area contributed by atoms with E-state index >= 15 is 0 Å². The molecule has 0 spiro atoms. The summed E-state index contributed by atoms with van der Waals surface area (Å²) < 4.78 is 61.7. The Bertz CT molecular complexity index is 1240. The van der Waals surface area contributed by atoms with Crippen molar-refractivity contribution < 1.29 is 31.5 Å². The fourth-order valence-electron chi connectivity index (χ4n) is 2.75. The molecule has 0 amide bonds. The van der Waals surface area contributed by atoms with E-state index in [1.165, 1.54) is 24.3 Å². The zero-order chi connectivity index (χ0) is 20.8. The van der Waals surface area contributed by atoms with Gasteiger partial charge in [0.25, 0.3) is 11.3 Å². The SMILES string of the molecule is Cc1c(N(c2ccc(C(=O)O)cc2S(C)(=O)=O)S(=O)O)sc2ccc(F)cc12. The molecule has 0 fully saturated rings. The monoisotopic (exact) mass is 443 g/mol. The molecule has 0 bridgehead atoms. The van der Waals surface area contributed by atoms with Crippen molar-refractivity contribution in [3.8, 4) is 0 Å². The molecule has 0 saturated carbocycles. The van der Waals surface area contributed by atoms with Gasteiger partial charge in [-0.15, -0.1) is 11.3 Å². The zero-order valence-corrected chi connectivity index (χ0v) is 17.0. The lowest BCUT2D eigenvalue weighted by molar-refractivity contribution is 0.0696. The van der Waals surface area contributed by atoms with Gasteiger partial charge in [0.1, 0.15) is 10.8 Å². The lowest BCUT2D eigenvalue weighted by atomic mass is 10.1. The van der Waals surface area contributed by atoms with Crippen LogP contribution in [0.2, 0.25) is 0 Å². The fourth-order valence-corrected chi connectivity index (χ4v) is 5.71. The molecule has 3 aromatic rings. The van der Waals surface area contributed by atoms with E-state index in [-0.39, 0.29) is 16.3 Å². The fraction of sp³-hybridized carbons (Fsp3) is 0.118. The van der Waals surface area contributed by atoms with Crippen LogP contribution in [0.3, 0.4) is 0 Å². The first-order valence-electron chi connectivity index (χ1n) is 7.68. The Balaban J connectivity index is 2.32. The smallest absolute Gasteiger partial charge is 0.335 e. The van der Waals surface area contributed by atoms with Crippen LogP contribution in [-0.4, -0.2) is 34.5 Å². The minimum atomic E-state index is -3.93. The normalized spacial score (nSPS) is 12.9. The molecule has 2 N–H and O–H groups in total. The van der Waals surface area contributed by atoms with Crippen molar-refractivity contribution in [2.45, 2.75) is 11.8 Å². The summed E-state index contributed by atoms with van der Waals surface area (Å²) in [6.07, 6.45) is 0.878.